The summed E-state index contributed by atoms with van der Waals surface area (Å²) >= 11 is 0. The molecule has 3 aliphatic carbocycles. The summed E-state index contributed by atoms with van der Waals surface area (Å²) in [6.07, 6.45) is 8.26. The third-order valence-electron chi connectivity index (χ3n) is 9.40. The molecule has 4 heteroatoms. The van der Waals surface area contributed by atoms with Crippen LogP contribution in [0.1, 0.15) is 86.0 Å². The van der Waals surface area contributed by atoms with Crippen molar-refractivity contribution in [2.45, 2.75) is 92.1 Å². The Bertz CT molecular complexity index is 659. The highest BCUT2D eigenvalue weighted by Gasteiger charge is 2.69. The van der Waals surface area contributed by atoms with Crippen LogP contribution in [0, 0.1) is 33.5 Å². The number of ether oxygens (including phenoxy) is 2. The Morgan fingerprint density at radius 1 is 1.11 bits per heavy atom. The minimum absolute atomic E-state index is 0.000596. The van der Waals surface area contributed by atoms with E-state index >= 15 is 0 Å². The van der Waals surface area contributed by atoms with Gasteiger partial charge in [-0.15, -0.1) is 0 Å². The Balaban J connectivity index is 1.73. The third kappa shape index (κ3) is 2.40. The van der Waals surface area contributed by atoms with Gasteiger partial charge in [0.25, 0.3) is 0 Å². The van der Waals surface area contributed by atoms with E-state index in [2.05, 4.69) is 27.7 Å². The first-order chi connectivity index (χ1) is 12.6. The van der Waals surface area contributed by atoms with Crippen molar-refractivity contribution in [3.63, 3.8) is 0 Å². The van der Waals surface area contributed by atoms with Gasteiger partial charge in [-0.1, -0.05) is 13.3 Å². The van der Waals surface area contributed by atoms with Crippen LogP contribution in [0.2, 0.25) is 0 Å². The number of carbonyl (C=O) groups is 2. The molecule has 4 rings (SSSR count). The molecule has 4 nitrogen and oxygen atoms in total. The lowest BCUT2D eigenvalue weighted by molar-refractivity contribution is -0.244. The molecule has 0 aromatic carbocycles. The molecule has 1 aliphatic heterocycles. The number of fused-ring (bicyclic) bond motifs is 3. The molecule has 0 aromatic heterocycles. The molecular formula is C23H36O4. The Labute approximate surface area is 163 Å². The van der Waals surface area contributed by atoms with Crippen LogP contribution in [0.15, 0.2) is 0 Å². The van der Waals surface area contributed by atoms with Gasteiger partial charge >= 0.3 is 11.9 Å². The van der Waals surface area contributed by atoms with Gasteiger partial charge in [0, 0.05) is 5.41 Å². The summed E-state index contributed by atoms with van der Waals surface area (Å²) in [5, 5.41) is 0. The second kappa shape index (κ2) is 5.97. The summed E-state index contributed by atoms with van der Waals surface area (Å²) in [7, 11) is 0. The second-order valence-electron chi connectivity index (χ2n) is 10.7. The first kappa shape index (κ1) is 19.3. The van der Waals surface area contributed by atoms with Crippen molar-refractivity contribution in [3.8, 4) is 0 Å². The summed E-state index contributed by atoms with van der Waals surface area (Å²) in [6, 6.07) is 0. The smallest absolute Gasteiger partial charge is 0.312 e. The van der Waals surface area contributed by atoms with Crippen LogP contribution in [0.3, 0.4) is 0 Å². The lowest BCUT2D eigenvalue weighted by Gasteiger charge is -2.68. The van der Waals surface area contributed by atoms with E-state index in [1.165, 1.54) is 6.42 Å². The molecule has 1 saturated heterocycles. The molecule has 3 saturated carbocycles. The normalized spacial score (nSPS) is 51.6. The Hall–Kier alpha value is -1.06. The topological polar surface area (TPSA) is 52.6 Å². The predicted molar refractivity (Wildman–Crippen MR) is 103 cm³/mol. The molecule has 0 amide bonds. The molecule has 4 aliphatic rings. The molecular weight excluding hydrogens is 340 g/mol. The summed E-state index contributed by atoms with van der Waals surface area (Å²) in [5.41, 5.74) is -0.484. The molecule has 1 spiro atoms. The molecule has 0 unspecified atom stereocenters. The summed E-state index contributed by atoms with van der Waals surface area (Å²) in [6.45, 7) is 11.2. The van der Waals surface area contributed by atoms with Gasteiger partial charge in [0.15, 0.2) is 0 Å². The van der Waals surface area contributed by atoms with Crippen molar-refractivity contribution < 1.29 is 19.1 Å². The molecule has 0 aromatic rings. The highest BCUT2D eigenvalue weighted by molar-refractivity contribution is 5.78. The SMILES string of the molecule is CCOC(=O)[C@]1(C)CCC[C@@]2(C)[C@@H]3CC[C@@]4(C)C[C@]3(CC[C@@H]21)[C@H](C)OC4=O. The number of hydrogen-bond donors (Lipinski definition) is 0. The van der Waals surface area contributed by atoms with E-state index in [0.717, 1.165) is 44.9 Å². The van der Waals surface area contributed by atoms with Gasteiger partial charge in [-0.2, -0.15) is 0 Å². The molecule has 0 N–H and O–H groups in total. The number of rotatable bonds is 2. The Morgan fingerprint density at radius 3 is 2.52 bits per heavy atom. The maximum Gasteiger partial charge on any atom is 0.312 e. The van der Waals surface area contributed by atoms with Gasteiger partial charge in [-0.3, -0.25) is 9.59 Å². The van der Waals surface area contributed by atoms with Crippen molar-refractivity contribution in [2.75, 3.05) is 6.61 Å². The fourth-order valence-corrected chi connectivity index (χ4v) is 8.09. The Kier molecular flexibility index (Phi) is 4.26. The molecule has 1 heterocycles. The Morgan fingerprint density at radius 2 is 1.81 bits per heavy atom. The number of esters is 2. The van der Waals surface area contributed by atoms with E-state index < -0.39 is 0 Å². The fourth-order valence-electron chi connectivity index (χ4n) is 8.09. The first-order valence-electron chi connectivity index (χ1n) is 11.0. The maximum atomic E-state index is 13.0. The predicted octanol–water partition coefficient (Wildman–Crippen LogP) is 4.89. The van der Waals surface area contributed by atoms with Crippen LogP contribution in [-0.4, -0.2) is 24.6 Å². The monoisotopic (exact) mass is 376 g/mol. The van der Waals surface area contributed by atoms with Crippen LogP contribution in [0.4, 0.5) is 0 Å². The van der Waals surface area contributed by atoms with Gasteiger partial charge in [-0.25, -0.2) is 0 Å². The maximum absolute atomic E-state index is 13.0. The quantitative estimate of drug-likeness (QED) is 0.644. The zero-order valence-corrected chi connectivity index (χ0v) is 17.7. The van der Waals surface area contributed by atoms with Gasteiger partial charge < -0.3 is 9.47 Å². The van der Waals surface area contributed by atoms with Gasteiger partial charge in [-0.05, 0) is 89.9 Å². The van der Waals surface area contributed by atoms with E-state index in [1.807, 2.05) is 6.92 Å². The largest absolute Gasteiger partial charge is 0.466 e. The van der Waals surface area contributed by atoms with E-state index in [1.54, 1.807) is 0 Å². The highest BCUT2D eigenvalue weighted by atomic mass is 16.5. The number of carbonyl (C=O) groups excluding carboxylic acids is 2. The lowest BCUT2D eigenvalue weighted by Crippen LogP contribution is -2.66. The summed E-state index contributed by atoms with van der Waals surface area (Å²) in [4.78, 5) is 25.5. The van der Waals surface area contributed by atoms with Crippen molar-refractivity contribution >= 4 is 11.9 Å². The third-order valence-corrected chi connectivity index (χ3v) is 9.40. The lowest BCUT2D eigenvalue weighted by atomic mass is 9.37. The van der Waals surface area contributed by atoms with Gasteiger partial charge in [0.05, 0.1) is 17.4 Å². The number of hydrogen-bond acceptors (Lipinski definition) is 4. The highest BCUT2D eigenvalue weighted by Crippen LogP contribution is 2.71. The fraction of sp³-hybridized carbons (Fsp3) is 0.913. The molecule has 0 radical (unpaired) electrons. The van der Waals surface area contributed by atoms with Crippen molar-refractivity contribution in [3.05, 3.63) is 0 Å². The number of cyclic esters (lactones) is 1. The van der Waals surface area contributed by atoms with Crippen LogP contribution in [-0.2, 0) is 19.1 Å². The van der Waals surface area contributed by atoms with Crippen molar-refractivity contribution in [1.82, 2.24) is 0 Å². The van der Waals surface area contributed by atoms with Gasteiger partial charge in [0.2, 0.25) is 0 Å². The van der Waals surface area contributed by atoms with Crippen molar-refractivity contribution in [2.24, 2.45) is 33.5 Å². The van der Waals surface area contributed by atoms with E-state index in [4.69, 9.17) is 9.47 Å². The first-order valence-corrected chi connectivity index (χ1v) is 11.0. The second-order valence-corrected chi connectivity index (χ2v) is 10.7. The molecule has 2 bridgehead atoms. The summed E-state index contributed by atoms with van der Waals surface area (Å²) in [5.74, 6) is 0.892. The average Bonchev–Trinajstić information content (AvgIpc) is 2.60. The minimum atomic E-state index is -0.375. The zero-order chi connectivity index (χ0) is 19.7. The van der Waals surface area contributed by atoms with Crippen LogP contribution < -0.4 is 0 Å². The van der Waals surface area contributed by atoms with Crippen molar-refractivity contribution in [1.29, 1.82) is 0 Å². The van der Waals surface area contributed by atoms with Crippen LogP contribution in [0.5, 0.6) is 0 Å². The average molecular weight is 377 g/mol. The zero-order valence-electron chi connectivity index (χ0n) is 17.7. The minimum Gasteiger partial charge on any atom is -0.466 e. The standard InChI is InChI=1S/C23H36O4/c1-6-26-19(25)22(5)11-7-10-21(4)16(22)9-13-23-14-20(3,12-8-17(21)23)18(24)27-15(23)2/h15-17H,6-14H2,1-5H3/t15-,16-,17-,20-,21+,22+,23+/m0/s1. The van der Waals surface area contributed by atoms with Crippen LogP contribution >= 0.6 is 0 Å². The molecule has 7 atom stereocenters. The molecule has 27 heavy (non-hydrogen) atoms. The van der Waals surface area contributed by atoms with Gasteiger partial charge in [0.1, 0.15) is 6.10 Å². The summed E-state index contributed by atoms with van der Waals surface area (Å²) < 4.78 is 11.5. The molecule has 4 fully saturated rings. The van der Waals surface area contributed by atoms with E-state index in [0.29, 0.717) is 18.4 Å². The molecule has 152 valence electrons. The van der Waals surface area contributed by atoms with E-state index in [9.17, 15) is 9.59 Å². The van der Waals surface area contributed by atoms with Crippen LogP contribution in [0.25, 0.3) is 0 Å². The van der Waals surface area contributed by atoms with E-state index in [-0.39, 0.29) is 39.7 Å².